The number of hydrogen-bond acceptors (Lipinski definition) is 3. The van der Waals surface area contributed by atoms with Crippen LogP contribution in [-0.4, -0.2) is 47.3 Å². The second-order valence-corrected chi connectivity index (χ2v) is 4.96. The molecule has 92 valence electrons. The predicted octanol–water partition coefficient (Wildman–Crippen LogP) is 1.04. The van der Waals surface area contributed by atoms with Crippen LogP contribution in [0.15, 0.2) is 0 Å². The minimum absolute atomic E-state index is 0. The third-order valence-electron chi connectivity index (χ3n) is 3.51. The lowest BCUT2D eigenvalue weighted by Crippen LogP contribution is -2.67. The van der Waals surface area contributed by atoms with Gasteiger partial charge in [0.25, 0.3) is 0 Å². The first-order chi connectivity index (χ1) is 6.13. The summed E-state index contributed by atoms with van der Waals surface area (Å²) in [7, 11) is 0. The minimum atomic E-state index is -0.0363. The molecular formula is C10H22Cl2N2O. The summed E-state index contributed by atoms with van der Waals surface area (Å²) in [6.45, 7) is 6.74. The first kappa shape index (κ1) is 15.5. The van der Waals surface area contributed by atoms with Crippen LogP contribution >= 0.6 is 24.8 Å². The molecule has 15 heavy (non-hydrogen) atoms. The van der Waals surface area contributed by atoms with Crippen LogP contribution in [0.3, 0.4) is 0 Å². The number of nitrogens with one attached hydrogen (secondary N) is 1. The fourth-order valence-electron chi connectivity index (χ4n) is 2.54. The van der Waals surface area contributed by atoms with Crippen molar-refractivity contribution in [3.8, 4) is 0 Å². The summed E-state index contributed by atoms with van der Waals surface area (Å²) < 4.78 is 0. The number of fused-ring (bicyclic) bond motifs is 3. The van der Waals surface area contributed by atoms with Gasteiger partial charge in [-0.1, -0.05) is 0 Å². The number of halogens is 2. The zero-order valence-corrected chi connectivity index (χ0v) is 11.0. The van der Waals surface area contributed by atoms with Crippen LogP contribution in [-0.2, 0) is 0 Å². The lowest BCUT2D eigenvalue weighted by atomic mass is 9.88. The Bertz CT molecular complexity index is 194. The maximum Gasteiger partial charge on any atom is 0.0610 e. The Hall–Kier alpha value is 0.460. The van der Waals surface area contributed by atoms with E-state index in [4.69, 9.17) is 0 Å². The van der Waals surface area contributed by atoms with Crippen LogP contribution in [0.25, 0.3) is 0 Å². The smallest absolute Gasteiger partial charge is 0.0610 e. The maximum atomic E-state index is 9.31. The van der Waals surface area contributed by atoms with Gasteiger partial charge in [0.1, 0.15) is 0 Å². The number of aliphatic hydroxyl groups is 1. The van der Waals surface area contributed by atoms with E-state index < -0.39 is 0 Å². The highest BCUT2D eigenvalue weighted by molar-refractivity contribution is 5.85. The summed E-state index contributed by atoms with van der Waals surface area (Å²) in [6.07, 6.45) is 2.60. The van der Waals surface area contributed by atoms with Gasteiger partial charge in [-0.3, -0.25) is 4.90 Å². The first-order valence-corrected chi connectivity index (χ1v) is 5.24. The summed E-state index contributed by atoms with van der Waals surface area (Å²) in [5, 5.41) is 12.8. The Kier molecular flexibility index (Phi) is 5.86. The molecule has 2 bridgehead atoms. The van der Waals surface area contributed by atoms with Gasteiger partial charge in [0.2, 0.25) is 0 Å². The molecule has 3 heterocycles. The summed E-state index contributed by atoms with van der Waals surface area (Å²) in [5.74, 6) is 0. The van der Waals surface area contributed by atoms with Gasteiger partial charge in [0.05, 0.1) is 6.61 Å². The quantitative estimate of drug-likeness (QED) is 0.775. The van der Waals surface area contributed by atoms with Crippen LogP contribution in [0.2, 0.25) is 0 Å². The number of aliphatic hydroxyl groups excluding tert-OH is 1. The van der Waals surface area contributed by atoms with Crippen molar-refractivity contribution in [2.24, 2.45) is 0 Å². The van der Waals surface area contributed by atoms with E-state index in [0.29, 0.717) is 12.1 Å². The average molecular weight is 257 g/mol. The third-order valence-corrected chi connectivity index (χ3v) is 3.51. The van der Waals surface area contributed by atoms with Crippen LogP contribution in [0.4, 0.5) is 0 Å². The van der Waals surface area contributed by atoms with Crippen LogP contribution in [0, 0.1) is 0 Å². The minimum Gasteiger partial charge on any atom is -0.394 e. The zero-order valence-electron chi connectivity index (χ0n) is 9.40. The van der Waals surface area contributed by atoms with E-state index in [0.717, 1.165) is 13.1 Å². The molecule has 3 aliphatic rings. The molecule has 5 heteroatoms. The van der Waals surface area contributed by atoms with Gasteiger partial charge in [-0.25, -0.2) is 0 Å². The SMILES string of the molecule is CC(C)(CO)N1CC2CCC1CN2.Cl.Cl. The maximum absolute atomic E-state index is 9.31. The molecule has 0 aromatic rings. The Morgan fingerprint density at radius 3 is 2.33 bits per heavy atom. The van der Waals surface area contributed by atoms with Crippen molar-refractivity contribution in [3.05, 3.63) is 0 Å². The van der Waals surface area contributed by atoms with Gasteiger partial charge in [-0.05, 0) is 26.7 Å². The van der Waals surface area contributed by atoms with Gasteiger partial charge in [-0.2, -0.15) is 0 Å². The molecule has 3 rings (SSSR count). The molecule has 2 N–H and O–H groups in total. The molecular weight excluding hydrogens is 235 g/mol. The zero-order chi connectivity index (χ0) is 9.47. The molecule has 0 aliphatic carbocycles. The van der Waals surface area contributed by atoms with E-state index in [1.165, 1.54) is 12.8 Å². The molecule has 3 aliphatic heterocycles. The van der Waals surface area contributed by atoms with Crippen molar-refractivity contribution in [3.63, 3.8) is 0 Å². The number of piperidine rings is 2. The molecule has 3 fully saturated rings. The molecule has 2 atom stereocenters. The van der Waals surface area contributed by atoms with Crippen molar-refractivity contribution in [1.29, 1.82) is 0 Å². The fraction of sp³-hybridized carbons (Fsp3) is 1.00. The number of rotatable bonds is 2. The van der Waals surface area contributed by atoms with Crippen LogP contribution in [0.5, 0.6) is 0 Å². The van der Waals surface area contributed by atoms with E-state index in [-0.39, 0.29) is 37.0 Å². The molecule has 0 amide bonds. The summed E-state index contributed by atoms with van der Waals surface area (Å²) in [4.78, 5) is 2.47. The van der Waals surface area contributed by atoms with E-state index in [1.807, 2.05) is 0 Å². The normalized spacial score (nSPS) is 30.6. The summed E-state index contributed by atoms with van der Waals surface area (Å²) in [5.41, 5.74) is -0.0363. The monoisotopic (exact) mass is 256 g/mol. The van der Waals surface area contributed by atoms with Gasteiger partial charge in [-0.15, -0.1) is 24.8 Å². The highest BCUT2D eigenvalue weighted by Gasteiger charge is 2.40. The van der Waals surface area contributed by atoms with Crippen molar-refractivity contribution < 1.29 is 5.11 Å². The van der Waals surface area contributed by atoms with Gasteiger partial charge in [0.15, 0.2) is 0 Å². The van der Waals surface area contributed by atoms with Gasteiger partial charge >= 0.3 is 0 Å². The van der Waals surface area contributed by atoms with E-state index in [2.05, 4.69) is 24.1 Å². The van der Waals surface area contributed by atoms with E-state index in [1.54, 1.807) is 0 Å². The highest BCUT2D eigenvalue weighted by atomic mass is 35.5. The first-order valence-electron chi connectivity index (χ1n) is 5.24. The Morgan fingerprint density at radius 2 is 2.00 bits per heavy atom. The number of nitrogens with zero attached hydrogens (tertiary/aromatic N) is 1. The van der Waals surface area contributed by atoms with Crippen molar-refractivity contribution >= 4 is 24.8 Å². The third kappa shape index (κ3) is 2.98. The van der Waals surface area contributed by atoms with Gasteiger partial charge in [0, 0.05) is 30.7 Å². The fourth-order valence-corrected chi connectivity index (χ4v) is 2.54. The molecule has 3 saturated heterocycles. The molecule has 0 saturated carbocycles. The van der Waals surface area contributed by atoms with Crippen molar-refractivity contribution in [2.45, 2.75) is 44.3 Å². The number of hydrogen-bond donors (Lipinski definition) is 2. The highest BCUT2D eigenvalue weighted by Crippen LogP contribution is 2.28. The Balaban J connectivity index is 0.000000980. The second-order valence-electron chi connectivity index (χ2n) is 4.96. The van der Waals surface area contributed by atoms with Crippen molar-refractivity contribution in [1.82, 2.24) is 10.2 Å². The van der Waals surface area contributed by atoms with Crippen molar-refractivity contribution in [2.75, 3.05) is 19.7 Å². The second kappa shape index (κ2) is 5.69. The lowest BCUT2D eigenvalue weighted by molar-refractivity contribution is -0.0310. The topological polar surface area (TPSA) is 35.5 Å². The predicted molar refractivity (Wildman–Crippen MR) is 67.2 cm³/mol. The molecule has 0 aromatic carbocycles. The number of piperazine rings is 1. The average Bonchev–Trinajstić information content (AvgIpc) is 2.19. The largest absolute Gasteiger partial charge is 0.394 e. The molecule has 0 aromatic heterocycles. The molecule has 0 spiro atoms. The van der Waals surface area contributed by atoms with E-state index >= 15 is 0 Å². The summed E-state index contributed by atoms with van der Waals surface area (Å²) in [6, 6.07) is 1.31. The molecule has 0 radical (unpaired) electrons. The van der Waals surface area contributed by atoms with Gasteiger partial charge < -0.3 is 10.4 Å². The van der Waals surface area contributed by atoms with Crippen LogP contribution in [0.1, 0.15) is 26.7 Å². The standard InChI is InChI=1S/C10H20N2O.2ClH/c1-10(2,7-13)12-6-8-3-4-9(12)5-11-8;;/h8-9,11,13H,3-7H2,1-2H3;2*1H. The Morgan fingerprint density at radius 1 is 1.33 bits per heavy atom. The molecule has 3 nitrogen and oxygen atoms in total. The molecule has 2 unspecified atom stereocenters. The van der Waals surface area contributed by atoms with Crippen LogP contribution < -0.4 is 5.32 Å². The lowest BCUT2D eigenvalue weighted by Gasteiger charge is -2.52. The van der Waals surface area contributed by atoms with E-state index in [9.17, 15) is 5.11 Å². The Labute approximate surface area is 104 Å². The summed E-state index contributed by atoms with van der Waals surface area (Å²) >= 11 is 0.